The van der Waals surface area contributed by atoms with Crippen molar-refractivity contribution >= 4 is 18.3 Å². The molecule has 2 fully saturated rings. The van der Waals surface area contributed by atoms with E-state index in [1.54, 1.807) is 0 Å². The molecule has 0 aromatic carbocycles. The minimum Gasteiger partial charge on any atom is -0.353 e. The van der Waals surface area contributed by atoms with Gasteiger partial charge in [-0.3, -0.25) is 9.69 Å². The average molecular weight is 290 g/mol. The standard InChI is InChI=1S/C14H27N3O.ClH/c15-11-13(18)16-12-14(7-3-1-4-8-14)17-9-5-2-6-10-17;/h1-12,15H2,(H,16,18);1H. The van der Waals surface area contributed by atoms with Crippen molar-refractivity contribution in [3.63, 3.8) is 0 Å². The molecule has 0 aromatic heterocycles. The van der Waals surface area contributed by atoms with Gasteiger partial charge in [-0.05, 0) is 38.8 Å². The lowest BCUT2D eigenvalue weighted by Gasteiger charge is -2.48. The maximum absolute atomic E-state index is 11.4. The lowest BCUT2D eigenvalue weighted by atomic mass is 9.79. The number of nitrogens with one attached hydrogen (secondary N) is 1. The van der Waals surface area contributed by atoms with E-state index < -0.39 is 0 Å². The molecule has 0 radical (unpaired) electrons. The normalized spacial score (nSPS) is 23.4. The van der Waals surface area contributed by atoms with E-state index in [-0.39, 0.29) is 30.4 Å². The van der Waals surface area contributed by atoms with Gasteiger partial charge in [0, 0.05) is 12.1 Å². The molecule has 5 heteroatoms. The van der Waals surface area contributed by atoms with Gasteiger partial charge in [0.25, 0.3) is 0 Å². The quantitative estimate of drug-likeness (QED) is 0.828. The number of nitrogens with zero attached hydrogens (tertiary/aromatic N) is 1. The third-order valence-corrected chi connectivity index (χ3v) is 4.61. The molecule has 1 saturated carbocycles. The summed E-state index contributed by atoms with van der Waals surface area (Å²) in [6, 6.07) is 0. The Morgan fingerprint density at radius 2 is 1.63 bits per heavy atom. The first kappa shape index (κ1) is 16.7. The maximum atomic E-state index is 11.4. The van der Waals surface area contributed by atoms with E-state index in [1.165, 1.54) is 64.5 Å². The van der Waals surface area contributed by atoms with Gasteiger partial charge < -0.3 is 11.1 Å². The summed E-state index contributed by atoms with van der Waals surface area (Å²) in [5.41, 5.74) is 5.61. The van der Waals surface area contributed by atoms with Crippen molar-refractivity contribution in [1.29, 1.82) is 0 Å². The summed E-state index contributed by atoms with van der Waals surface area (Å²) in [5, 5.41) is 3.03. The zero-order valence-electron chi connectivity index (χ0n) is 11.8. The second-order valence-electron chi connectivity index (χ2n) is 5.81. The van der Waals surface area contributed by atoms with Crippen molar-refractivity contribution in [1.82, 2.24) is 10.2 Å². The highest BCUT2D eigenvalue weighted by molar-refractivity contribution is 5.85. The second-order valence-corrected chi connectivity index (χ2v) is 5.81. The van der Waals surface area contributed by atoms with Gasteiger partial charge in [-0.2, -0.15) is 0 Å². The Hall–Kier alpha value is -0.320. The predicted octanol–water partition coefficient (Wildman–Crippen LogP) is 1.67. The first-order valence-electron chi connectivity index (χ1n) is 7.49. The lowest BCUT2D eigenvalue weighted by molar-refractivity contribution is -0.120. The maximum Gasteiger partial charge on any atom is 0.233 e. The fraction of sp³-hybridized carbons (Fsp3) is 0.929. The molecule has 2 aliphatic rings. The molecule has 1 amide bonds. The first-order valence-corrected chi connectivity index (χ1v) is 7.49. The summed E-state index contributed by atoms with van der Waals surface area (Å²) in [4.78, 5) is 14.1. The van der Waals surface area contributed by atoms with Gasteiger partial charge in [0.1, 0.15) is 0 Å². The number of hydrogen-bond acceptors (Lipinski definition) is 3. The first-order chi connectivity index (χ1) is 8.77. The molecule has 1 heterocycles. The number of halogens is 1. The summed E-state index contributed by atoms with van der Waals surface area (Å²) in [7, 11) is 0. The Morgan fingerprint density at radius 3 is 2.21 bits per heavy atom. The summed E-state index contributed by atoms with van der Waals surface area (Å²) >= 11 is 0. The lowest BCUT2D eigenvalue weighted by Crippen LogP contribution is -2.58. The van der Waals surface area contributed by atoms with E-state index in [2.05, 4.69) is 10.2 Å². The van der Waals surface area contributed by atoms with E-state index in [4.69, 9.17) is 5.73 Å². The Kier molecular flexibility index (Phi) is 7.11. The summed E-state index contributed by atoms with van der Waals surface area (Å²) in [6.45, 7) is 3.32. The van der Waals surface area contributed by atoms with Crippen molar-refractivity contribution < 1.29 is 4.79 Å². The summed E-state index contributed by atoms with van der Waals surface area (Å²) < 4.78 is 0. The molecule has 19 heavy (non-hydrogen) atoms. The minimum atomic E-state index is -0.0167. The van der Waals surface area contributed by atoms with Crippen molar-refractivity contribution in [3.8, 4) is 0 Å². The molecule has 1 aliphatic carbocycles. The van der Waals surface area contributed by atoms with E-state index in [0.29, 0.717) is 0 Å². The minimum absolute atomic E-state index is 0. The number of nitrogens with two attached hydrogens (primary N) is 1. The SMILES string of the molecule is Cl.NCC(=O)NCC1(N2CCCCC2)CCCCC1. The number of hydrogen-bond donors (Lipinski definition) is 2. The highest BCUT2D eigenvalue weighted by Crippen LogP contribution is 2.35. The molecule has 1 saturated heterocycles. The molecule has 0 spiro atoms. The highest BCUT2D eigenvalue weighted by atomic mass is 35.5. The van der Waals surface area contributed by atoms with Crippen LogP contribution in [0.2, 0.25) is 0 Å². The third-order valence-electron chi connectivity index (χ3n) is 4.61. The van der Waals surface area contributed by atoms with Crippen LogP contribution >= 0.6 is 12.4 Å². The Morgan fingerprint density at radius 1 is 1.05 bits per heavy atom. The highest BCUT2D eigenvalue weighted by Gasteiger charge is 2.38. The third kappa shape index (κ3) is 4.33. The van der Waals surface area contributed by atoms with Crippen LogP contribution in [-0.4, -0.2) is 42.5 Å². The number of amides is 1. The fourth-order valence-corrected chi connectivity index (χ4v) is 3.52. The van der Waals surface area contributed by atoms with Crippen LogP contribution in [0.1, 0.15) is 51.4 Å². The van der Waals surface area contributed by atoms with Crippen LogP contribution in [0, 0.1) is 0 Å². The number of carbonyl (C=O) groups excluding carboxylic acids is 1. The summed E-state index contributed by atoms with van der Waals surface area (Å²) in [6.07, 6.45) is 10.4. The molecule has 0 unspecified atom stereocenters. The molecule has 112 valence electrons. The van der Waals surface area contributed by atoms with Crippen LogP contribution in [0.4, 0.5) is 0 Å². The monoisotopic (exact) mass is 289 g/mol. The molecule has 2 rings (SSSR count). The predicted molar refractivity (Wildman–Crippen MR) is 80.6 cm³/mol. The van der Waals surface area contributed by atoms with Gasteiger partial charge in [-0.15, -0.1) is 12.4 Å². The van der Waals surface area contributed by atoms with Crippen LogP contribution < -0.4 is 11.1 Å². The Labute approximate surface area is 122 Å². The average Bonchev–Trinajstić information content (AvgIpc) is 2.46. The second kappa shape index (κ2) is 8.08. The van der Waals surface area contributed by atoms with Gasteiger partial charge in [-0.1, -0.05) is 25.7 Å². The Bertz CT molecular complexity index is 274. The van der Waals surface area contributed by atoms with Crippen molar-refractivity contribution in [2.45, 2.75) is 56.9 Å². The van der Waals surface area contributed by atoms with Crippen molar-refractivity contribution in [3.05, 3.63) is 0 Å². The van der Waals surface area contributed by atoms with Crippen LogP contribution in [0.3, 0.4) is 0 Å². The summed E-state index contributed by atoms with van der Waals surface area (Å²) in [5.74, 6) is -0.0167. The topological polar surface area (TPSA) is 58.4 Å². The van der Waals surface area contributed by atoms with Crippen LogP contribution in [0.25, 0.3) is 0 Å². The Balaban J connectivity index is 0.00000180. The van der Waals surface area contributed by atoms with E-state index >= 15 is 0 Å². The molecule has 0 atom stereocenters. The zero-order valence-corrected chi connectivity index (χ0v) is 12.6. The molecular formula is C14H28ClN3O. The van der Waals surface area contributed by atoms with Crippen LogP contribution in [0.5, 0.6) is 0 Å². The molecule has 0 aromatic rings. The molecular weight excluding hydrogens is 262 g/mol. The van der Waals surface area contributed by atoms with Gasteiger partial charge >= 0.3 is 0 Å². The van der Waals surface area contributed by atoms with E-state index in [0.717, 1.165) is 6.54 Å². The van der Waals surface area contributed by atoms with Crippen LogP contribution in [-0.2, 0) is 4.79 Å². The van der Waals surface area contributed by atoms with E-state index in [9.17, 15) is 4.79 Å². The number of rotatable bonds is 4. The molecule has 4 nitrogen and oxygen atoms in total. The van der Waals surface area contributed by atoms with E-state index in [1.807, 2.05) is 0 Å². The number of piperidine rings is 1. The molecule has 3 N–H and O–H groups in total. The van der Waals surface area contributed by atoms with Crippen LogP contribution in [0.15, 0.2) is 0 Å². The fourth-order valence-electron chi connectivity index (χ4n) is 3.52. The number of carbonyl (C=O) groups is 1. The zero-order chi connectivity index (χ0) is 12.8. The van der Waals surface area contributed by atoms with Gasteiger partial charge in [-0.25, -0.2) is 0 Å². The van der Waals surface area contributed by atoms with Gasteiger partial charge in [0.15, 0.2) is 0 Å². The number of likely N-dealkylation sites (tertiary alicyclic amines) is 1. The largest absolute Gasteiger partial charge is 0.353 e. The molecule has 0 bridgehead atoms. The smallest absolute Gasteiger partial charge is 0.233 e. The van der Waals surface area contributed by atoms with Gasteiger partial charge in [0.05, 0.1) is 6.54 Å². The molecule has 1 aliphatic heterocycles. The van der Waals surface area contributed by atoms with Gasteiger partial charge in [0.2, 0.25) is 5.91 Å². The van der Waals surface area contributed by atoms with Crippen molar-refractivity contribution in [2.24, 2.45) is 5.73 Å². The van der Waals surface area contributed by atoms with Crippen molar-refractivity contribution in [2.75, 3.05) is 26.2 Å².